The molecule has 5 heteroatoms. The van der Waals surface area contributed by atoms with Crippen molar-refractivity contribution < 1.29 is 9.13 Å². The van der Waals surface area contributed by atoms with Crippen LogP contribution >= 0.6 is 15.9 Å². The molecule has 0 heterocycles. The van der Waals surface area contributed by atoms with Gasteiger partial charge in [0.15, 0.2) is 6.61 Å². The molecule has 0 spiro atoms. The van der Waals surface area contributed by atoms with E-state index in [0.717, 1.165) is 15.6 Å². The van der Waals surface area contributed by atoms with E-state index in [4.69, 9.17) is 10.00 Å². The monoisotopic (exact) mass is 348 g/mol. The summed E-state index contributed by atoms with van der Waals surface area (Å²) in [6.07, 6.45) is 0. The highest BCUT2D eigenvalue weighted by atomic mass is 79.9. The molecule has 0 radical (unpaired) electrons. The van der Waals surface area contributed by atoms with Gasteiger partial charge in [-0.3, -0.25) is 0 Å². The second-order valence-electron chi connectivity index (χ2n) is 4.43. The third kappa shape index (κ3) is 4.85. The molecule has 21 heavy (non-hydrogen) atoms. The first kappa shape index (κ1) is 15.5. The standard InChI is InChI=1S/C16H14BrFN2O/c17-16-6-3-14(18)9-13(16)11-20-10-12-1-4-15(5-2-12)21-8-7-19/h1-6,9,20H,8,10-11H2. The van der Waals surface area contributed by atoms with E-state index in [-0.39, 0.29) is 12.4 Å². The summed E-state index contributed by atoms with van der Waals surface area (Å²) in [6, 6.07) is 14.1. The van der Waals surface area contributed by atoms with Gasteiger partial charge in [-0.1, -0.05) is 28.1 Å². The fourth-order valence-corrected chi connectivity index (χ4v) is 2.23. The fourth-order valence-electron chi connectivity index (χ4n) is 1.84. The molecular formula is C16H14BrFN2O. The highest BCUT2D eigenvalue weighted by Crippen LogP contribution is 2.18. The zero-order valence-corrected chi connectivity index (χ0v) is 12.9. The maximum absolute atomic E-state index is 13.2. The molecule has 0 atom stereocenters. The van der Waals surface area contributed by atoms with Crippen molar-refractivity contribution >= 4 is 15.9 Å². The van der Waals surface area contributed by atoms with Crippen molar-refractivity contribution in [3.05, 3.63) is 63.9 Å². The SMILES string of the molecule is N#CCOc1ccc(CNCc2cc(F)ccc2Br)cc1. The summed E-state index contributed by atoms with van der Waals surface area (Å²) in [5.74, 6) is 0.433. The highest BCUT2D eigenvalue weighted by molar-refractivity contribution is 9.10. The zero-order valence-electron chi connectivity index (χ0n) is 11.3. The number of hydrogen-bond donors (Lipinski definition) is 1. The van der Waals surface area contributed by atoms with Crippen LogP contribution < -0.4 is 10.1 Å². The van der Waals surface area contributed by atoms with Gasteiger partial charge in [0.2, 0.25) is 0 Å². The van der Waals surface area contributed by atoms with Gasteiger partial charge in [0, 0.05) is 17.6 Å². The average Bonchev–Trinajstić information content (AvgIpc) is 2.50. The quantitative estimate of drug-likeness (QED) is 0.863. The summed E-state index contributed by atoms with van der Waals surface area (Å²) in [5.41, 5.74) is 1.97. The molecular weight excluding hydrogens is 335 g/mol. The lowest BCUT2D eigenvalue weighted by molar-refractivity contribution is 0.368. The molecule has 2 aromatic carbocycles. The minimum atomic E-state index is -0.242. The molecule has 0 unspecified atom stereocenters. The van der Waals surface area contributed by atoms with Crippen molar-refractivity contribution in [2.75, 3.05) is 6.61 Å². The molecule has 0 saturated heterocycles. The number of rotatable bonds is 6. The van der Waals surface area contributed by atoms with Gasteiger partial charge in [0.25, 0.3) is 0 Å². The van der Waals surface area contributed by atoms with Crippen LogP contribution in [0.2, 0.25) is 0 Å². The van der Waals surface area contributed by atoms with Gasteiger partial charge in [0.1, 0.15) is 17.6 Å². The molecule has 2 aromatic rings. The number of halogens is 2. The van der Waals surface area contributed by atoms with Crippen LogP contribution in [0.5, 0.6) is 5.75 Å². The Morgan fingerprint density at radius 3 is 2.62 bits per heavy atom. The summed E-state index contributed by atoms with van der Waals surface area (Å²) in [7, 11) is 0. The summed E-state index contributed by atoms with van der Waals surface area (Å²) >= 11 is 3.40. The van der Waals surface area contributed by atoms with Crippen LogP contribution in [0.25, 0.3) is 0 Å². The Bertz CT molecular complexity index is 638. The zero-order chi connectivity index (χ0) is 15.1. The molecule has 0 aliphatic carbocycles. The van der Waals surface area contributed by atoms with Crippen LogP contribution in [0.1, 0.15) is 11.1 Å². The average molecular weight is 349 g/mol. The minimum Gasteiger partial charge on any atom is -0.479 e. The van der Waals surface area contributed by atoms with E-state index in [2.05, 4.69) is 21.2 Å². The fraction of sp³-hybridized carbons (Fsp3) is 0.188. The number of nitrogens with zero attached hydrogens (tertiary/aromatic N) is 1. The van der Waals surface area contributed by atoms with Crippen LogP contribution in [0, 0.1) is 17.1 Å². The molecule has 0 aliphatic rings. The van der Waals surface area contributed by atoms with Gasteiger partial charge in [-0.15, -0.1) is 0 Å². The second kappa shape index (κ2) is 7.77. The largest absolute Gasteiger partial charge is 0.479 e. The van der Waals surface area contributed by atoms with Gasteiger partial charge in [-0.25, -0.2) is 4.39 Å². The summed E-state index contributed by atoms with van der Waals surface area (Å²) in [6.45, 7) is 1.29. The van der Waals surface area contributed by atoms with Crippen LogP contribution in [-0.4, -0.2) is 6.61 Å². The molecule has 2 rings (SSSR count). The van der Waals surface area contributed by atoms with Crippen molar-refractivity contribution in [3.63, 3.8) is 0 Å². The van der Waals surface area contributed by atoms with Crippen LogP contribution in [0.4, 0.5) is 4.39 Å². The van der Waals surface area contributed by atoms with Gasteiger partial charge < -0.3 is 10.1 Å². The Morgan fingerprint density at radius 1 is 1.14 bits per heavy atom. The van der Waals surface area contributed by atoms with Crippen LogP contribution in [-0.2, 0) is 13.1 Å². The number of benzene rings is 2. The number of nitriles is 1. The van der Waals surface area contributed by atoms with E-state index in [1.165, 1.54) is 12.1 Å². The van der Waals surface area contributed by atoms with Crippen LogP contribution in [0.15, 0.2) is 46.9 Å². The van der Waals surface area contributed by atoms with Crippen molar-refractivity contribution in [2.45, 2.75) is 13.1 Å². The Balaban J connectivity index is 1.86. The van der Waals surface area contributed by atoms with E-state index < -0.39 is 0 Å². The lowest BCUT2D eigenvalue weighted by atomic mass is 10.2. The van der Waals surface area contributed by atoms with E-state index in [0.29, 0.717) is 18.8 Å². The van der Waals surface area contributed by atoms with Gasteiger partial charge in [0.05, 0.1) is 0 Å². The number of ether oxygens (including phenoxy) is 1. The van der Waals surface area contributed by atoms with Gasteiger partial charge >= 0.3 is 0 Å². The molecule has 1 N–H and O–H groups in total. The lowest BCUT2D eigenvalue weighted by Gasteiger charge is -2.08. The maximum atomic E-state index is 13.2. The molecule has 0 saturated carbocycles. The van der Waals surface area contributed by atoms with E-state index in [9.17, 15) is 4.39 Å². The smallest absolute Gasteiger partial charge is 0.174 e. The summed E-state index contributed by atoms with van der Waals surface area (Å²) in [5, 5.41) is 11.7. The number of hydrogen-bond acceptors (Lipinski definition) is 3. The Morgan fingerprint density at radius 2 is 1.90 bits per heavy atom. The van der Waals surface area contributed by atoms with Gasteiger partial charge in [-0.2, -0.15) is 5.26 Å². The Kier molecular flexibility index (Phi) is 5.73. The maximum Gasteiger partial charge on any atom is 0.174 e. The second-order valence-corrected chi connectivity index (χ2v) is 5.28. The first-order valence-corrected chi connectivity index (χ1v) is 7.21. The van der Waals surface area contributed by atoms with Crippen molar-refractivity contribution in [1.29, 1.82) is 5.26 Å². The minimum absolute atomic E-state index is 0.0468. The molecule has 108 valence electrons. The van der Waals surface area contributed by atoms with Crippen molar-refractivity contribution in [1.82, 2.24) is 5.32 Å². The summed E-state index contributed by atoms with van der Waals surface area (Å²) < 4.78 is 19.2. The van der Waals surface area contributed by atoms with Crippen molar-refractivity contribution in [2.24, 2.45) is 0 Å². The molecule has 3 nitrogen and oxygen atoms in total. The van der Waals surface area contributed by atoms with E-state index >= 15 is 0 Å². The third-order valence-corrected chi connectivity index (χ3v) is 3.65. The molecule has 0 fully saturated rings. The first-order valence-electron chi connectivity index (χ1n) is 6.42. The van der Waals surface area contributed by atoms with E-state index in [1.807, 2.05) is 30.3 Å². The van der Waals surface area contributed by atoms with Crippen molar-refractivity contribution in [3.8, 4) is 11.8 Å². The third-order valence-electron chi connectivity index (χ3n) is 2.88. The normalized spacial score (nSPS) is 10.1. The topological polar surface area (TPSA) is 45.0 Å². The molecule has 0 aromatic heterocycles. The predicted octanol–water partition coefficient (Wildman–Crippen LogP) is 3.78. The van der Waals surface area contributed by atoms with Crippen LogP contribution in [0.3, 0.4) is 0 Å². The van der Waals surface area contributed by atoms with E-state index in [1.54, 1.807) is 6.07 Å². The summed E-state index contributed by atoms with van der Waals surface area (Å²) in [4.78, 5) is 0. The molecule has 0 amide bonds. The Labute approximate surface area is 131 Å². The molecule has 0 aliphatic heterocycles. The highest BCUT2D eigenvalue weighted by Gasteiger charge is 2.02. The lowest BCUT2D eigenvalue weighted by Crippen LogP contribution is -2.13. The first-order chi connectivity index (χ1) is 10.2. The Hall–Kier alpha value is -1.90. The molecule has 0 bridgehead atoms. The predicted molar refractivity (Wildman–Crippen MR) is 82.2 cm³/mol. The number of nitrogens with one attached hydrogen (secondary N) is 1. The van der Waals surface area contributed by atoms with Gasteiger partial charge in [-0.05, 0) is 41.5 Å².